The Kier molecular flexibility index (Phi) is 4.86. The molecule has 5 nitrogen and oxygen atoms in total. The van der Waals surface area contributed by atoms with Crippen LogP contribution in [0.25, 0.3) is 0 Å². The minimum absolute atomic E-state index is 0.142. The second-order valence-electron chi connectivity index (χ2n) is 6.17. The molecule has 0 bridgehead atoms. The number of nitrogens with zero attached hydrogens (tertiary/aromatic N) is 2. The van der Waals surface area contributed by atoms with Crippen LogP contribution in [-0.4, -0.2) is 44.2 Å². The van der Waals surface area contributed by atoms with Crippen LogP contribution in [0.1, 0.15) is 21.5 Å². The molecule has 1 aliphatic heterocycles. The molecule has 132 valence electrons. The van der Waals surface area contributed by atoms with Gasteiger partial charge in [-0.15, -0.1) is 0 Å². The largest absolute Gasteiger partial charge is 0.334 e. The Morgan fingerprint density at radius 1 is 1.12 bits per heavy atom. The third-order valence-electron chi connectivity index (χ3n) is 4.36. The van der Waals surface area contributed by atoms with Gasteiger partial charge in [0.25, 0.3) is 5.91 Å². The van der Waals surface area contributed by atoms with Crippen molar-refractivity contribution >= 4 is 27.5 Å². The van der Waals surface area contributed by atoms with Gasteiger partial charge >= 0.3 is 0 Å². The zero-order valence-corrected chi connectivity index (χ0v) is 15.6. The second kappa shape index (κ2) is 6.78. The maximum absolute atomic E-state index is 12.7. The maximum atomic E-state index is 12.7. The number of sulfonamides is 1. The predicted octanol–water partition coefficient (Wildman–Crippen LogP) is 2.79. The fourth-order valence-electron chi connectivity index (χ4n) is 2.88. The van der Waals surface area contributed by atoms with Gasteiger partial charge in [-0.2, -0.15) is 0 Å². The molecule has 0 aliphatic carbocycles. The number of carbonyl (C=O) groups excluding carboxylic acids is 1. The molecule has 0 aromatic heterocycles. The molecule has 1 aliphatic rings. The summed E-state index contributed by atoms with van der Waals surface area (Å²) in [7, 11) is -0.494. The van der Waals surface area contributed by atoms with Crippen molar-refractivity contribution in [1.29, 1.82) is 0 Å². The summed E-state index contributed by atoms with van der Waals surface area (Å²) in [6.07, 6.45) is 0.688. The van der Waals surface area contributed by atoms with E-state index < -0.39 is 10.0 Å². The number of rotatable bonds is 3. The van der Waals surface area contributed by atoms with Gasteiger partial charge in [-0.3, -0.25) is 4.79 Å². The van der Waals surface area contributed by atoms with Crippen LogP contribution in [0.3, 0.4) is 0 Å². The molecule has 2 aromatic rings. The van der Waals surface area contributed by atoms with Crippen molar-refractivity contribution in [2.75, 3.05) is 20.6 Å². The predicted molar refractivity (Wildman–Crippen MR) is 97.2 cm³/mol. The molecule has 0 atom stereocenters. The standard InChI is InChI=1S/C18H19ClN2O3S/c1-20(2)25(23,24)15-8-7-13-9-10-21(12-14(13)11-15)18(22)16-5-3-4-6-17(16)19/h3-8,11H,9-10,12H2,1-2H3. The average molecular weight is 379 g/mol. The Hall–Kier alpha value is -1.89. The molecule has 3 rings (SSSR count). The van der Waals surface area contributed by atoms with Crippen molar-refractivity contribution in [2.24, 2.45) is 0 Å². The minimum Gasteiger partial charge on any atom is -0.334 e. The van der Waals surface area contributed by atoms with Crippen LogP contribution in [0.15, 0.2) is 47.4 Å². The SMILES string of the molecule is CN(C)S(=O)(=O)c1ccc2c(c1)CN(C(=O)c1ccccc1Cl)CC2. The first-order valence-corrected chi connectivity index (χ1v) is 9.70. The molecule has 1 amide bonds. The monoisotopic (exact) mass is 378 g/mol. The van der Waals surface area contributed by atoms with Gasteiger partial charge in [-0.05, 0) is 41.8 Å². The van der Waals surface area contributed by atoms with Crippen LogP contribution in [0.5, 0.6) is 0 Å². The van der Waals surface area contributed by atoms with Gasteiger partial charge in [0, 0.05) is 27.2 Å². The molecule has 0 N–H and O–H groups in total. The molecule has 25 heavy (non-hydrogen) atoms. The van der Waals surface area contributed by atoms with Crippen molar-refractivity contribution in [3.8, 4) is 0 Å². The smallest absolute Gasteiger partial charge is 0.255 e. The lowest BCUT2D eigenvalue weighted by atomic mass is 9.99. The number of hydrogen-bond donors (Lipinski definition) is 0. The molecule has 0 saturated heterocycles. The van der Waals surface area contributed by atoms with Crippen molar-refractivity contribution in [1.82, 2.24) is 9.21 Å². The molecular weight excluding hydrogens is 360 g/mol. The first kappa shape index (κ1) is 17.9. The van der Waals surface area contributed by atoms with Crippen molar-refractivity contribution < 1.29 is 13.2 Å². The van der Waals surface area contributed by atoms with E-state index in [9.17, 15) is 13.2 Å². The van der Waals surface area contributed by atoms with E-state index in [2.05, 4.69) is 0 Å². The van der Waals surface area contributed by atoms with Gasteiger partial charge in [0.15, 0.2) is 0 Å². The number of benzene rings is 2. The van der Waals surface area contributed by atoms with E-state index in [0.717, 1.165) is 11.1 Å². The highest BCUT2D eigenvalue weighted by Crippen LogP contribution is 2.26. The molecule has 2 aromatic carbocycles. The topological polar surface area (TPSA) is 57.7 Å². The molecule has 1 heterocycles. The lowest BCUT2D eigenvalue weighted by molar-refractivity contribution is 0.0735. The van der Waals surface area contributed by atoms with Crippen LogP contribution < -0.4 is 0 Å². The summed E-state index contributed by atoms with van der Waals surface area (Å²) >= 11 is 6.13. The summed E-state index contributed by atoms with van der Waals surface area (Å²) in [4.78, 5) is 14.7. The highest BCUT2D eigenvalue weighted by molar-refractivity contribution is 7.89. The van der Waals surface area contributed by atoms with Crippen LogP contribution in [0, 0.1) is 0 Å². The van der Waals surface area contributed by atoms with Crippen LogP contribution in [0.2, 0.25) is 5.02 Å². The van der Waals surface area contributed by atoms with Crippen LogP contribution >= 0.6 is 11.6 Å². The van der Waals surface area contributed by atoms with E-state index in [1.165, 1.54) is 18.4 Å². The third-order valence-corrected chi connectivity index (χ3v) is 6.50. The van der Waals surface area contributed by atoms with E-state index in [4.69, 9.17) is 11.6 Å². The Morgan fingerprint density at radius 2 is 1.84 bits per heavy atom. The van der Waals surface area contributed by atoms with Crippen LogP contribution in [-0.2, 0) is 23.0 Å². The van der Waals surface area contributed by atoms with Gasteiger partial charge in [-0.25, -0.2) is 12.7 Å². The molecule has 0 radical (unpaired) electrons. The molecule has 0 fully saturated rings. The second-order valence-corrected chi connectivity index (χ2v) is 8.73. The fraction of sp³-hybridized carbons (Fsp3) is 0.278. The molecule has 0 unspecified atom stereocenters. The number of fused-ring (bicyclic) bond motifs is 1. The van der Waals surface area contributed by atoms with Gasteiger partial charge < -0.3 is 4.90 Å². The summed E-state index contributed by atoms with van der Waals surface area (Å²) in [6, 6.07) is 12.1. The highest BCUT2D eigenvalue weighted by Gasteiger charge is 2.25. The van der Waals surface area contributed by atoms with Gasteiger partial charge in [-0.1, -0.05) is 29.8 Å². The summed E-state index contributed by atoms with van der Waals surface area (Å²) in [5, 5.41) is 0.419. The van der Waals surface area contributed by atoms with Crippen LogP contribution in [0.4, 0.5) is 0 Å². The summed E-state index contributed by atoms with van der Waals surface area (Å²) in [5.74, 6) is -0.142. The van der Waals surface area contributed by atoms with Gasteiger partial charge in [0.2, 0.25) is 10.0 Å². The van der Waals surface area contributed by atoms with Gasteiger partial charge in [0.05, 0.1) is 15.5 Å². The fourth-order valence-corrected chi connectivity index (χ4v) is 4.05. The molecular formula is C18H19ClN2O3S. The first-order valence-electron chi connectivity index (χ1n) is 7.89. The van der Waals surface area contributed by atoms with E-state index in [0.29, 0.717) is 30.1 Å². The number of amides is 1. The van der Waals surface area contributed by atoms with E-state index in [1.807, 2.05) is 6.07 Å². The lowest BCUT2D eigenvalue weighted by Crippen LogP contribution is -2.36. The average Bonchev–Trinajstić information content (AvgIpc) is 2.60. The Balaban J connectivity index is 1.90. The Labute approximate surface area is 152 Å². The van der Waals surface area contributed by atoms with Crippen molar-refractivity contribution in [3.63, 3.8) is 0 Å². The Morgan fingerprint density at radius 3 is 2.52 bits per heavy atom. The number of carbonyl (C=O) groups is 1. The molecule has 0 saturated carbocycles. The van der Waals surface area contributed by atoms with Crippen molar-refractivity contribution in [2.45, 2.75) is 17.9 Å². The summed E-state index contributed by atoms with van der Waals surface area (Å²) < 4.78 is 25.8. The zero-order chi connectivity index (χ0) is 18.2. The van der Waals surface area contributed by atoms with E-state index in [1.54, 1.807) is 41.3 Å². The third kappa shape index (κ3) is 3.42. The summed E-state index contributed by atoms with van der Waals surface area (Å²) in [5.41, 5.74) is 2.39. The quantitative estimate of drug-likeness (QED) is 0.825. The normalized spacial score (nSPS) is 14.5. The zero-order valence-electron chi connectivity index (χ0n) is 14.1. The maximum Gasteiger partial charge on any atom is 0.255 e. The highest BCUT2D eigenvalue weighted by atomic mass is 35.5. The summed E-state index contributed by atoms with van der Waals surface area (Å²) in [6.45, 7) is 0.951. The Bertz CT molecular complexity index is 926. The number of hydrogen-bond acceptors (Lipinski definition) is 3. The number of halogens is 1. The lowest BCUT2D eigenvalue weighted by Gasteiger charge is -2.29. The van der Waals surface area contributed by atoms with E-state index >= 15 is 0 Å². The van der Waals surface area contributed by atoms with Crippen molar-refractivity contribution in [3.05, 3.63) is 64.2 Å². The van der Waals surface area contributed by atoms with Gasteiger partial charge in [0.1, 0.15) is 0 Å². The minimum atomic E-state index is -3.50. The van der Waals surface area contributed by atoms with E-state index in [-0.39, 0.29) is 10.8 Å². The molecule has 7 heteroatoms. The first-order chi connectivity index (χ1) is 11.8. The molecule has 0 spiro atoms.